The van der Waals surface area contributed by atoms with Gasteiger partial charge >= 0.3 is 6.36 Å². The number of ether oxygens (including phenoxy) is 2. The fourth-order valence-corrected chi connectivity index (χ4v) is 2.91. The number of non-ortho nitro benzene ring substituents is 1. The Morgan fingerprint density at radius 2 is 1.90 bits per heavy atom. The second-order valence-corrected chi connectivity index (χ2v) is 6.43. The zero-order chi connectivity index (χ0) is 20.9. The second-order valence-electron chi connectivity index (χ2n) is 5.37. The lowest BCUT2D eigenvalue weighted by Gasteiger charge is -2.09. The number of thioether (sulfide) groups is 1. The highest BCUT2D eigenvalue weighted by Gasteiger charge is 2.31. The van der Waals surface area contributed by atoms with Gasteiger partial charge in [0.15, 0.2) is 0 Å². The van der Waals surface area contributed by atoms with Crippen molar-refractivity contribution in [3.05, 3.63) is 58.6 Å². The minimum Gasteiger partial charge on any atom is -0.492 e. The Bertz CT molecular complexity index is 981. The first-order valence-corrected chi connectivity index (χ1v) is 8.95. The van der Waals surface area contributed by atoms with Gasteiger partial charge in [-0.25, -0.2) is 0 Å². The average molecular weight is 427 g/mol. The van der Waals surface area contributed by atoms with Gasteiger partial charge in [-0.05, 0) is 40.8 Å². The molecule has 29 heavy (non-hydrogen) atoms. The number of rotatable bonds is 8. The first kappa shape index (κ1) is 20.4. The van der Waals surface area contributed by atoms with E-state index in [0.29, 0.717) is 22.3 Å². The van der Waals surface area contributed by atoms with Gasteiger partial charge in [-0.3, -0.25) is 10.1 Å². The van der Waals surface area contributed by atoms with E-state index in [0.717, 1.165) is 12.1 Å². The summed E-state index contributed by atoms with van der Waals surface area (Å²) in [5.41, 5.74) is 0.378. The van der Waals surface area contributed by atoms with Gasteiger partial charge in [0.25, 0.3) is 5.69 Å². The number of aromatic nitrogens is 4. The van der Waals surface area contributed by atoms with Gasteiger partial charge in [0.2, 0.25) is 5.16 Å². The second kappa shape index (κ2) is 8.77. The molecule has 0 bridgehead atoms. The van der Waals surface area contributed by atoms with E-state index >= 15 is 0 Å². The molecule has 0 saturated heterocycles. The summed E-state index contributed by atoms with van der Waals surface area (Å²) in [6.45, 7) is 0.233. The first-order valence-electron chi connectivity index (χ1n) is 7.96. The average Bonchev–Trinajstić information content (AvgIpc) is 3.13. The molecule has 9 nitrogen and oxygen atoms in total. The number of benzene rings is 2. The van der Waals surface area contributed by atoms with Crippen LogP contribution in [0.25, 0.3) is 5.69 Å². The summed E-state index contributed by atoms with van der Waals surface area (Å²) in [5, 5.41) is 22.4. The van der Waals surface area contributed by atoms with E-state index in [2.05, 4.69) is 20.3 Å². The Morgan fingerprint density at radius 3 is 2.59 bits per heavy atom. The molecule has 0 spiro atoms. The molecule has 0 N–H and O–H groups in total. The van der Waals surface area contributed by atoms with Crippen molar-refractivity contribution in [2.45, 2.75) is 11.5 Å². The predicted octanol–water partition coefficient (Wildman–Crippen LogP) is 3.64. The fourth-order valence-electron chi connectivity index (χ4n) is 2.20. The van der Waals surface area contributed by atoms with Gasteiger partial charge in [0.1, 0.15) is 11.5 Å². The maximum absolute atomic E-state index is 12.2. The largest absolute Gasteiger partial charge is 0.573 e. The lowest BCUT2D eigenvalue weighted by Crippen LogP contribution is -2.17. The molecule has 0 amide bonds. The molecular formula is C16H12F3N5O4S. The van der Waals surface area contributed by atoms with Crippen molar-refractivity contribution in [2.24, 2.45) is 0 Å². The van der Waals surface area contributed by atoms with Crippen LogP contribution in [0.3, 0.4) is 0 Å². The highest BCUT2D eigenvalue weighted by molar-refractivity contribution is 7.99. The molecular weight excluding hydrogens is 415 g/mol. The van der Waals surface area contributed by atoms with Crippen LogP contribution in [0.1, 0.15) is 0 Å². The van der Waals surface area contributed by atoms with Crippen molar-refractivity contribution < 1.29 is 27.6 Å². The van der Waals surface area contributed by atoms with Crippen LogP contribution in [-0.4, -0.2) is 43.9 Å². The molecule has 0 atom stereocenters. The maximum Gasteiger partial charge on any atom is 0.573 e. The Balaban J connectivity index is 1.57. The van der Waals surface area contributed by atoms with Crippen LogP contribution in [0.5, 0.6) is 11.5 Å². The zero-order valence-electron chi connectivity index (χ0n) is 14.4. The summed E-state index contributed by atoms with van der Waals surface area (Å²) in [5.74, 6) is 0.437. The van der Waals surface area contributed by atoms with E-state index < -0.39 is 11.3 Å². The number of alkyl halides is 3. The topological polar surface area (TPSA) is 105 Å². The Labute approximate surface area is 165 Å². The molecule has 0 unspecified atom stereocenters. The third-order valence-electron chi connectivity index (χ3n) is 3.37. The van der Waals surface area contributed by atoms with Gasteiger partial charge in [0, 0.05) is 11.8 Å². The Hall–Kier alpha value is -3.35. The molecule has 0 radical (unpaired) electrons. The summed E-state index contributed by atoms with van der Waals surface area (Å²) in [6.07, 6.45) is -4.77. The third kappa shape index (κ3) is 5.81. The molecule has 0 saturated carbocycles. The highest BCUT2D eigenvalue weighted by Crippen LogP contribution is 2.25. The number of nitro groups is 1. The van der Waals surface area contributed by atoms with E-state index in [-0.39, 0.29) is 18.0 Å². The first-order chi connectivity index (χ1) is 13.8. The number of halogens is 3. The normalized spacial score (nSPS) is 11.3. The minimum atomic E-state index is -4.77. The van der Waals surface area contributed by atoms with Crippen LogP contribution >= 0.6 is 11.8 Å². The zero-order valence-corrected chi connectivity index (χ0v) is 15.3. The monoisotopic (exact) mass is 427 g/mol. The van der Waals surface area contributed by atoms with Crippen LogP contribution in [0.2, 0.25) is 0 Å². The number of nitro benzene ring substituents is 1. The summed E-state index contributed by atoms with van der Waals surface area (Å²) in [6, 6.07) is 10.9. The van der Waals surface area contributed by atoms with Crippen molar-refractivity contribution >= 4 is 17.4 Å². The highest BCUT2D eigenvalue weighted by atomic mass is 32.2. The van der Waals surface area contributed by atoms with Crippen LogP contribution in [-0.2, 0) is 0 Å². The van der Waals surface area contributed by atoms with Crippen molar-refractivity contribution in [1.29, 1.82) is 0 Å². The van der Waals surface area contributed by atoms with E-state index in [1.807, 2.05) is 0 Å². The summed E-state index contributed by atoms with van der Waals surface area (Å²) in [7, 11) is 0. The van der Waals surface area contributed by atoms with Gasteiger partial charge < -0.3 is 9.47 Å². The number of tetrazole rings is 1. The van der Waals surface area contributed by atoms with E-state index in [1.54, 1.807) is 6.07 Å². The van der Waals surface area contributed by atoms with E-state index in [9.17, 15) is 23.3 Å². The van der Waals surface area contributed by atoms with Gasteiger partial charge in [0.05, 0.1) is 23.3 Å². The lowest BCUT2D eigenvalue weighted by atomic mass is 10.3. The van der Waals surface area contributed by atoms with Crippen molar-refractivity contribution in [2.75, 3.05) is 12.4 Å². The summed E-state index contributed by atoms with van der Waals surface area (Å²) < 4.78 is 47.3. The quantitative estimate of drug-likeness (QED) is 0.232. The van der Waals surface area contributed by atoms with E-state index in [1.165, 1.54) is 46.8 Å². The molecule has 3 rings (SSSR count). The van der Waals surface area contributed by atoms with Gasteiger partial charge in [-0.1, -0.05) is 17.8 Å². The van der Waals surface area contributed by atoms with Crippen molar-refractivity contribution in [3.8, 4) is 17.2 Å². The molecule has 152 valence electrons. The van der Waals surface area contributed by atoms with Crippen LogP contribution in [0.15, 0.2) is 53.7 Å². The van der Waals surface area contributed by atoms with Gasteiger partial charge in [-0.15, -0.1) is 18.3 Å². The molecule has 1 heterocycles. The van der Waals surface area contributed by atoms with Crippen molar-refractivity contribution in [1.82, 2.24) is 20.2 Å². The lowest BCUT2D eigenvalue weighted by molar-refractivity contribution is -0.384. The SMILES string of the molecule is O=[N+]([O-])c1cccc(OCCSc2nnnn2-c2ccc(OC(F)(F)F)cc2)c1. The fraction of sp³-hybridized carbons (Fsp3) is 0.188. The number of nitrogens with zero attached hydrogens (tertiary/aromatic N) is 5. The molecule has 0 aliphatic carbocycles. The molecule has 13 heteroatoms. The predicted molar refractivity (Wildman–Crippen MR) is 95.2 cm³/mol. The molecule has 0 aliphatic rings. The summed E-state index contributed by atoms with van der Waals surface area (Å²) >= 11 is 1.25. The van der Waals surface area contributed by atoms with Crippen LogP contribution in [0, 0.1) is 10.1 Å². The maximum atomic E-state index is 12.2. The number of hydrogen-bond acceptors (Lipinski definition) is 8. The molecule has 1 aromatic heterocycles. The van der Waals surface area contributed by atoms with Crippen molar-refractivity contribution in [3.63, 3.8) is 0 Å². The molecule has 0 fully saturated rings. The third-order valence-corrected chi connectivity index (χ3v) is 4.25. The Kier molecular flexibility index (Phi) is 6.16. The standard InChI is InChI=1S/C16H12F3N5O4S/c17-16(18,19)28-13-6-4-11(5-7-13)23-15(20-21-22-23)29-9-8-27-14-3-1-2-12(10-14)24(25)26/h1-7,10H,8-9H2. The smallest absolute Gasteiger partial charge is 0.492 e. The van der Waals surface area contributed by atoms with Crippen LogP contribution < -0.4 is 9.47 Å². The van der Waals surface area contributed by atoms with Crippen LogP contribution in [0.4, 0.5) is 18.9 Å². The molecule has 3 aromatic rings. The number of hydrogen-bond donors (Lipinski definition) is 0. The molecule has 0 aliphatic heterocycles. The minimum absolute atomic E-state index is 0.0722. The summed E-state index contributed by atoms with van der Waals surface area (Å²) in [4.78, 5) is 10.2. The van der Waals surface area contributed by atoms with E-state index in [4.69, 9.17) is 4.74 Å². The molecule has 2 aromatic carbocycles. The van der Waals surface area contributed by atoms with Gasteiger partial charge in [-0.2, -0.15) is 4.68 Å². The Morgan fingerprint density at radius 1 is 1.14 bits per heavy atom.